The molecule has 1 amide bonds. The summed E-state index contributed by atoms with van der Waals surface area (Å²) in [6, 6.07) is 12.4. The van der Waals surface area contributed by atoms with E-state index in [1.54, 1.807) is 6.33 Å². The Morgan fingerprint density at radius 3 is 2.52 bits per heavy atom. The van der Waals surface area contributed by atoms with Gasteiger partial charge in [0.05, 0.1) is 5.52 Å². The maximum Gasteiger partial charge on any atom is 0.237 e. The first kappa shape index (κ1) is 20.0. The maximum atomic E-state index is 12.7. The second kappa shape index (κ2) is 8.64. The van der Waals surface area contributed by atoms with E-state index < -0.39 is 0 Å². The van der Waals surface area contributed by atoms with Crippen LogP contribution < -0.4 is 10.3 Å². The van der Waals surface area contributed by atoms with Gasteiger partial charge >= 0.3 is 0 Å². The van der Waals surface area contributed by atoms with Crippen molar-refractivity contribution < 1.29 is 4.79 Å². The monoisotopic (exact) mass is 419 g/mol. The number of carbonyl (C=O) groups is 1. The first-order valence-electron chi connectivity index (χ1n) is 11.0. The number of hydrogen-bond donors (Lipinski definition) is 1. The van der Waals surface area contributed by atoms with Crippen LogP contribution in [0.5, 0.6) is 0 Å². The molecule has 1 aromatic carbocycles. The van der Waals surface area contributed by atoms with Gasteiger partial charge in [0.1, 0.15) is 18.0 Å². The standard InChI is InChI=1S/C23H29N7O/c1-27-12-14-29(15-13-27)26-23(31)19-6-9-28(10-7-19)21-16-22(25-17-24-21)30-11-8-18-4-2-3-5-20(18)30/h2-5,8,11,16-17,19H,6-7,9-10,12-15H2,1H3,(H,26,31). The minimum absolute atomic E-state index is 0.0607. The molecule has 2 aromatic heterocycles. The number of benzene rings is 1. The zero-order chi connectivity index (χ0) is 21.2. The molecule has 4 heterocycles. The molecule has 1 N–H and O–H groups in total. The molecule has 0 unspecified atom stereocenters. The molecule has 0 radical (unpaired) electrons. The molecule has 0 atom stereocenters. The Morgan fingerprint density at radius 1 is 0.968 bits per heavy atom. The minimum atomic E-state index is 0.0607. The smallest absolute Gasteiger partial charge is 0.237 e. The van der Waals surface area contributed by atoms with Gasteiger partial charge in [0.15, 0.2) is 0 Å². The normalized spacial score (nSPS) is 19.1. The first-order chi connectivity index (χ1) is 15.2. The first-order valence-corrected chi connectivity index (χ1v) is 11.0. The zero-order valence-electron chi connectivity index (χ0n) is 17.9. The number of hydrogen-bond acceptors (Lipinski definition) is 6. The fourth-order valence-corrected chi connectivity index (χ4v) is 4.46. The van der Waals surface area contributed by atoms with E-state index in [-0.39, 0.29) is 11.8 Å². The van der Waals surface area contributed by atoms with Gasteiger partial charge in [-0.1, -0.05) is 18.2 Å². The number of aromatic nitrogens is 3. The van der Waals surface area contributed by atoms with Gasteiger partial charge in [0.25, 0.3) is 0 Å². The third-order valence-corrected chi connectivity index (χ3v) is 6.45. The Kier molecular flexibility index (Phi) is 5.57. The van der Waals surface area contributed by atoms with Gasteiger partial charge in [0, 0.05) is 57.4 Å². The molecular weight excluding hydrogens is 390 g/mol. The SMILES string of the molecule is CN1CCN(NC(=O)C2CCN(c3cc(-n4ccc5ccccc54)ncn3)CC2)CC1. The van der Waals surface area contributed by atoms with Gasteiger partial charge in [0.2, 0.25) is 5.91 Å². The Bertz CT molecular complexity index is 1050. The van der Waals surface area contributed by atoms with E-state index in [0.29, 0.717) is 0 Å². The number of hydrazine groups is 1. The summed E-state index contributed by atoms with van der Waals surface area (Å²) in [4.78, 5) is 26.3. The number of amides is 1. The molecular formula is C23H29N7O. The largest absolute Gasteiger partial charge is 0.356 e. The van der Waals surface area contributed by atoms with Crippen LogP contribution in [-0.4, -0.2) is 76.7 Å². The van der Waals surface area contributed by atoms with Gasteiger partial charge < -0.3 is 14.4 Å². The Morgan fingerprint density at radius 2 is 1.71 bits per heavy atom. The van der Waals surface area contributed by atoms with Gasteiger partial charge in [-0.25, -0.2) is 15.0 Å². The van der Waals surface area contributed by atoms with E-state index in [9.17, 15) is 4.79 Å². The Balaban J connectivity index is 1.22. The van der Waals surface area contributed by atoms with E-state index in [0.717, 1.165) is 69.3 Å². The van der Waals surface area contributed by atoms with Gasteiger partial charge in [-0.2, -0.15) is 0 Å². The fraction of sp³-hybridized carbons (Fsp3) is 0.435. The van der Waals surface area contributed by atoms with E-state index >= 15 is 0 Å². The number of rotatable bonds is 4. The van der Waals surface area contributed by atoms with Crippen molar-refractivity contribution >= 4 is 22.6 Å². The number of para-hydroxylation sites is 1. The highest BCUT2D eigenvalue weighted by molar-refractivity contribution is 5.81. The van der Waals surface area contributed by atoms with Crippen LogP contribution in [-0.2, 0) is 4.79 Å². The second-order valence-electron chi connectivity index (χ2n) is 8.51. The number of likely N-dealkylation sites (N-methyl/N-ethyl adjacent to an activating group) is 1. The molecule has 31 heavy (non-hydrogen) atoms. The lowest BCUT2D eigenvalue weighted by atomic mass is 9.96. The molecule has 8 heteroatoms. The summed E-state index contributed by atoms with van der Waals surface area (Å²) >= 11 is 0. The van der Waals surface area contributed by atoms with Gasteiger partial charge in [-0.05, 0) is 37.4 Å². The van der Waals surface area contributed by atoms with Crippen molar-refractivity contribution in [2.45, 2.75) is 12.8 Å². The average molecular weight is 420 g/mol. The fourth-order valence-electron chi connectivity index (χ4n) is 4.46. The summed E-state index contributed by atoms with van der Waals surface area (Å²) in [7, 11) is 2.12. The quantitative estimate of drug-likeness (QED) is 0.697. The van der Waals surface area contributed by atoms with Gasteiger partial charge in [-0.15, -0.1) is 0 Å². The van der Waals surface area contributed by atoms with Gasteiger partial charge in [-0.3, -0.25) is 10.2 Å². The molecule has 3 aromatic rings. The number of nitrogens with one attached hydrogen (secondary N) is 1. The van der Waals surface area contributed by atoms with Crippen LogP contribution in [0.3, 0.4) is 0 Å². The van der Waals surface area contributed by atoms with Crippen molar-refractivity contribution in [3.05, 3.63) is 48.9 Å². The summed E-state index contributed by atoms with van der Waals surface area (Å²) in [5, 5.41) is 3.25. The van der Waals surface area contributed by atoms with Crippen LogP contribution in [0, 0.1) is 5.92 Å². The molecule has 0 saturated carbocycles. The highest BCUT2D eigenvalue weighted by Crippen LogP contribution is 2.25. The molecule has 0 bridgehead atoms. The lowest BCUT2D eigenvalue weighted by Crippen LogP contribution is -2.54. The molecule has 162 valence electrons. The van der Waals surface area contributed by atoms with E-state index in [2.05, 4.69) is 60.0 Å². The number of piperazine rings is 1. The predicted molar refractivity (Wildman–Crippen MR) is 121 cm³/mol. The molecule has 0 aliphatic carbocycles. The topological polar surface area (TPSA) is 69.5 Å². The third kappa shape index (κ3) is 4.26. The Labute approximate surface area is 182 Å². The van der Waals surface area contributed by atoms with Crippen LogP contribution in [0.1, 0.15) is 12.8 Å². The summed E-state index contributed by atoms with van der Waals surface area (Å²) in [6.07, 6.45) is 5.36. The summed E-state index contributed by atoms with van der Waals surface area (Å²) in [6.45, 7) is 5.40. The molecule has 2 fully saturated rings. The average Bonchev–Trinajstić information content (AvgIpc) is 3.25. The third-order valence-electron chi connectivity index (χ3n) is 6.45. The molecule has 5 rings (SSSR count). The number of fused-ring (bicyclic) bond motifs is 1. The summed E-state index contributed by atoms with van der Waals surface area (Å²) < 4.78 is 2.09. The number of piperidine rings is 1. The van der Waals surface area contributed by atoms with Crippen LogP contribution in [0.15, 0.2) is 48.9 Å². The van der Waals surface area contributed by atoms with E-state index in [1.165, 1.54) is 5.39 Å². The summed E-state index contributed by atoms with van der Waals surface area (Å²) in [5.41, 5.74) is 4.26. The van der Waals surface area contributed by atoms with Crippen LogP contribution >= 0.6 is 0 Å². The predicted octanol–water partition coefficient (Wildman–Crippen LogP) is 1.92. The zero-order valence-corrected chi connectivity index (χ0v) is 17.9. The van der Waals surface area contributed by atoms with Crippen molar-refractivity contribution in [2.75, 3.05) is 51.2 Å². The van der Waals surface area contributed by atoms with Crippen molar-refractivity contribution in [1.29, 1.82) is 0 Å². The van der Waals surface area contributed by atoms with Crippen molar-refractivity contribution in [2.24, 2.45) is 5.92 Å². The lowest BCUT2D eigenvalue weighted by Gasteiger charge is -2.35. The molecule has 8 nitrogen and oxygen atoms in total. The molecule has 2 saturated heterocycles. The highest BCUT2D eigenvalue weighted by Gasteiger charge is 2.27. The highest BCUT2D eigenvalue weighted by atomic mass is 16.2. The van der Waals surface area contributed by atoms with Crippen molar-refractivity contribution in [3.8, 4) is 5.82 Å². The van der Waals surface area contributed by atoms with Crippen LogP contribution in [0.2, 0.25) is 0 Å². The van der Waals surface area contributed by atoms with E-state index in [1.807, 2.05) is 24.4 Å². The molecule has 2 aliphatic heterocycles. The minimum Gasteiger partial charge on any atom is -0.356 e. The molecule has 0 spiro atoms. The molecule has 2 aliphatic rings. The second-order valence-corrected chi connectivity index (χ2v) is 8.51. The Hall–Kier alpha value is -2.97. The summed E-state index contributed by atoms with van der Waals surface area (Å²) in [5.74, 6) is 2.00. The number of nitrogens with zero attached hydrogens (tertiary/aromatic N) is 6. The lowest BCUT2D eigenvalue weighted by molar-refractivity contribution is -0.131. The van der Waals surface area contributed by atoms with Crippen molar-refractivity contribution in [1.82, 2.24) is 29.9 Å². The van der Waals surface area contributed by atoms with E-state index in [4.69, 9.17) is 0 Å². The van der Waals surface area contributed by atoms with Crippen molar-refractivity contribution in [3.63, 3.8) is 0 Å². The number of anilines is 1. The maximum absolute atomic E-state index is 12.7. The number of carbonyl (C=O) groups excluding carboxylic acids is 1. The van der Waals surface area contributed by atoms with Crippen LogP contribution in [0.25, 0.3) is 16.7 Å². The van der Waals surface area contributed by atoms with Crippen LogP contribution in [0.4, 0.5) is 5.82 Å².